The number of aromatic nitrogens is 2. The van der Waals surface area contributed by atoms with Gasteiger partial charge in [0.25, 0.3) is 0 Å². The Bertz CT molecular complexity index is 793. The number of aromatic amines is 1. The van der Waals surface area contributed by atoms with E-state index >= 15 is 0 Å². The van der Waals surface area contributed by atoms with Crippen molar-refractivity contribution in [2.75, 3.05) is 5.32 Å². The third-order valence-corrected chi connectivity index (χ3v) is 3.62. The third kappa shape index (κ3) is 2.93. The summed E-state index contributed by atoms with van der Waals surface area (Å²) < 4.78 is 0. The molecule has 5 nitrogen and oxygen atoms in total. The van der Waals surface area contributed by atoms with E-state index in [0.717, 1.165) is 22.2 Å². The maximum absolute atomic E-state index is 12.2. The fraction of sp³-hybridized carbons (Fsp3) is 0.176. The average Bonchev–Trinajstić information content (AvgIpc) is 2.95. The topological polar surface area (TPSA) is 69.8 Å². The van der Waals surface area contributed by atoms with Gasteiger partial charge in [0.15, 0.2) is 0 Å². The zero-order chi connectivity index (χ0) is 15.6. The van der Waals surface area contributed by atoms with Gasteiger partial charge < -0.3 is 10.6 Å². The molecule has 5 heteroatoms. The molecule has 1 heterocycles. The van der Waals surface area contributed by atoms with Crippen molar-refractivity contribution in [1.82, 2.24) is 15.5 Å². The first-order valence-corrected chi connectivity index (χ1v) is 7.12. The van der Waals surface area contributed by atoms with Crippen LogP contribution in [0.4, 0.5) is 10.5 Å². The molecule has 0 aliphatic heterocycles. The van der Waals surface area contributed by atoms with E-state index in [1.165, 1.54) is 0 Å². The normalized spacial score (nSPS) is 11.4. The van der Waals surface area contributed by atoms with E-state index in [2.05, 4.69) is 20.8 Å². The minimum Gasteiger partial charge on any atom is -0.329 e. The van der Waals surface area contributed by atoms with Crippen LogP contribution >= 0.6 is 0 Å². The number of nitrogens with zero attached hydrogens (tertiary/aromatic N) is 1. The van der Waals surface area contributed by atoms with Gasteiger partial charge in [-0.15, -0.1) is 0 Å². The van der Waals surface area contributed by atoms with Crippen molar-refractivity contribution in [1.29, 1.82) is 0 Å². The van der Waals surface area contributed by atoms with Crippen LogP contribution in [-0.2, 0) is 5.54 Å². The summed E-state index contributed by atoms with van der Waals surface area (Å²) >= 11 is 0. The quantitative estimate of drug-likeness (QED) is 0.690. The zero-order valence-electron chi connectivity index (χ0n) is 12.6. The summed E-state index contributed by atoms with van der Waals surface area (Å²) in [5.41, 5.74) is 2.27. The Hall–Kier alpha value is -2.82. The first kappa shape index (κ1) is 14.1. The molecule has 0 radical (unpaired) electrons. The van der Waals surface area contributed by atoms with Gasteiger partial charge in [0.05, 0.1) is 17.3 Å². The van der Waals surface area contributed by atoms with E-state index in [1.54, 1.807) is 6.20 Å². The minimum atomic E-state index is -0.453. The summed E-state index contributed by atoms with van der Waals surface area (Å²) in [5.74, 6) is 0. The molecule has 2 amide bonds. The highest BCUT2D eigenvalue weighted by Gasteiger charge is 2.22. The molecule has 22 heavy (non-hydrogen) atoms. The van der Waals surface area contributed by atoms with Gasteiger partial charge in [0, 0.05) is 11.1 Å². The third-order valence-electron chi connectivity index (χ3n) is 3.62. The van der Waals surface area contributed by atoms with E-state index in [1.807, 2.05) is 62.4 Å². The van der Waals surface area contributed by atoms with Gasteiger partial charge in [0.1, 0.15) is 0 Å². The van der Waals surface area contributed by atoms with Gasteiger partial charge in [-0.3, -0.25) is 5.10 Å². The summed E-state index contributed by atoms with van der Waals surface area (Å²) in [6.07, 6.45) is 1.73. The Labute approximate surface area is 128 Å². The van der Waals surface area contributed by atoms with Crippen molar-refractivity contribution in [3.63, 3.8) is 0 Å². The predicted octanol–water partition coefficient (Wildman–Crippen LogP) is 3.62. The fourth-order valence-electron chi connectivity index (χ4n) is 2.39. The summed E-state index contributed by atoms with van der Waals surface area (Å²) in [5, 5.41) is 13.7. The molecule has 0 atom stereocenters. The largest absolute Gasteiger partial charge is 0.329 e. The highest BCUT2D eigenvalue weighted by atomic mass is 16.2. The second-order valence-electron chi connectivity index (χ2n) is 5.74. The second-order valence-corrected chi connectivity index (χ2v) is 5.74. The van der Waals surface area contributed by atoms with Crippen LogP contribution < -0.4 is 10.6 Å². The number of anilines is 1. The van der Waals surface area contributed by atoms with Gasteiger partial charge in [-0.1, -0.05) is 30.3 Å². The number of rotatable bonds is 3. The number of hydrogen-bond donors (Lipinski definition) is 3. The number of urea groups is 1. The number of nitrogens with one attached hydrogen (secondary N) is 3. The first-order chi connectivity index (χ1) is 10.5. The lowest BCUT2D eigenvalue weighted by Crippen LogP contribution is -2.43. The summed E-state index contributed by atoms with van der Waals surface area (Å²) in [6, 6.07) is 15.3. The van der Waals surface area contributed by atoms with Crippen LogP contribution in [0.25, 0.3) is 10.9 Å². The molecule has 0 fully saturated rings. The molecule has 0 bridgehead atoms. The molecule has 112 valence electrons. The lowest BCUT2D eigenvalue weighted by Gasteiger charge is -2.27. The first-order valence-electron chi connectivity index (χ1n) is 7.12. The van der Waals surface area contributed by atoms with Crippen molar-refractivity contribution in [2.24, 2.45) is 0 Å². The van der Waals surface area contributed by atoms with Crippen LogP contribution in [0.5, 0.6) is 0 Å². The van der Waals surface area contributed by atoms with Crippen LogP contribution in [0.3, 0.4) is 0 Å². The van der Waals surface area contributed by atoms with Gasteiger partial charge in [-0.05, 0) is 37.6 Å². The summed E-state index contributed by atoms with van der Waals surface area (Å²) in [6.45, 7) is 3.95. The minimum absolute atomic E-state index is 0.239. The molecule has 2 aromatic carbocycles. The molecule has 0 saturated heterocycles. The summed E-state index contributed by atoms with van der Waals surface area (Å²) in [4.78, 5) is 12.2. The monoisotopic (exact) mass is 294 g/mol. The van der Waals surface area contributed by atoms with E-state index < -0.39 is 5.54 Å². The Morgan fingerprint density at radius 3 is 2.68 bits per heavy atom. The van der Waals surface area contributed by atoms with Crippen LogP contribution in [0, 0.1) is 0 Å². The van der Waals surface area contributed by atoms with Crippen LogP contribution in [0.2, 0.25) is 0 Å². The lowest BCUT2D eigenvalue weighted by atomic mass is 9.95. The maximum atomic E-state index is 12.2. The predicted molar refractivity (Wildman–Crippen MR) is 87.7 cm³/mol. The van der Waals surface area contributed by atoms with Crippen LogP contribution in [0.1, 0.15) is 19.4 Å². The van der Waals surface area contributed by atoms with Gasteiger partial charge in [0.2, 0.25) is 0 Å². The number of hydrogen-bond acceptors (Lipinski definition) is 2. The standard InChI is InChI=1S/C17H18N4O/c1-17(2,13-6-4-3-5-7-13)20-16(22)19-14-8-9-15-12(10-14)11-18-21-15/h3-11H,1-2H3,(H,18,21)(H2,19,20,22). The van der Waals surface area contributed by atoms with Crippen molar-refractivity contribution < 1.29 is 4.79 Å². The van der Waals surface area contributed by atoms with Gasteiger partial charge in [-0.25, -0.2) is 4.79 Å². The molecule has 0 spiro atoms. The Morgan fingerprint density at radius 2 is 1.91 bits per heavy atom. The van der Waals surface area contributed by atoms with Crippen molar-refractivity contribution in [3.8, 4) is 0 Å². The summed E-state index contributed by atoms with van der Waals surface area (Å²) in [7, 11) is 0. The molecule has 0 saturated carbocycles. The molecular formula is C17H18N4O. The molecule has 0 aliphatic rings. The Kier molecular flexibility index (Phi) is 3.55. The van der Waals surface area contributed by atoms with Crippen LogP contribution in [0.15, 0.2) is 54.7 Å². The number of benzene rings is 2. The van der Waals surface area contributed by atoms with Gasteiger partial charge in [-0.2, -0.15) is 5.10 Å². The lowest BCUT2D eigenvalue weighted by molar-refractivity contribution is 0.242. The highest BCUT2D eigenvalue weighted by molar-refractivity contribution is 5.92. The van der Waals surface area contributed by atoms with E-state index in [4.69, 9.17) is 0 Å². The SMILES string of the molecule is CC(C)(NC(=O)Nc1ccc2[nH]ncc2c1)c1ccccc1. The van der Waals surface area contributed by atoms with Crippen molar-refractivity contribution in [2.45, 2.75) is 19.4 Å². The number of fused-ring (bicyclic) bond motifs is 1. The molecule has 0 aliphatic carbocycles. The maximum Gasteiger partial charge on any atom is 0.319 e. The number of amides is 2. The average molecular weight is 294 g/mol. The number of carbonyl (C=O) groups excluding carboxylic acids is 1. The van der Waals surface area contributed by atoms with E-state index in [9.17, 15) is 4.79 Å². The molecule has 3 aromatic rings. The Balaban J connectivity index is 1.71. The molecular weight excluding hydrogens is 276 g/mol. The van der Waals surface area contributed by atoms with E-state index in [0.29, 0.717) is 0 Å². The smallest absolute Gasteiger partial charge is 0.319 e. The fourth-order valence-corrected chi connectivity index (χ4v) is 2.39. The van der Waals surface area contributed by atoms with Crippen LogP contribution in [-0.4, -0.2) is 16.2 Å². The zero-order valence-corrected chi connectivity index (χ0v) is 12.6. The van der Waals surface area contributed by atoms with Gasteiger partial charge >= 0.3 is 6.03 Å². The van der Waals surface area contributed by atoms with E-state index in [-0.39, 0.29) is 6.03 Å². The second kappa shape index (κ2) is 5.52. The molecule has 3 N–H and O–H groups in total. The number of carbonyl (C=O) groups is 1. The highest BCUT2D eigenvalue weighted by Crippen LogP contribution is 2.20. The molecule has 3 rings (SSSR count). The molecule has 1 aromatic heterocycles. The van der Waals surface area contributed by atoms with Crippen molar-refractivity contribution >= 4 is 22.6 Å². The molecule has 0 unspecified atom stereocenters. The van der Waals surface area contributed by atoms with Crippen molar-refractivity contribution in [3.05, 3.63) is 60.3 Å². The Morgan fingerprint density at radius 1 is 1.14 bits per heavy atom. The number of H-pyrrole nitrogens is 1.